The summed E-state index contributed by atoms with van der Waals surface area (Å²) in [7, 11) is -3.98. The van der Waals surface area contributed by atoms with Crippen LogP contribution < -0.4 is 5.32 Å². The van der Waals surface area contributed by atoms with Crippen LogP contribution in [0.1, 0.15) is 26.3 Å². The Kier molecular flexibility index (Phi) is 6.71. The van der Waals surface area contributed by atoms with Gasteiger partial charge in [-0.05, 0) is 25.0 Å². The van der Waals surface area contributed by atoms with Crippen molar-refractivity contribution in [3.05, 3.63) is 29.8 Å². The van der Waals surface area contributed by atoms with Crippen LogP contribution in [0.4, 0.5) is 0 Å². The smallest absolute Gasteiger partial charge is 0.321 e. The Morgan fingerprint density at radius 3 is 2.43 bits per heavy atom. The molecule has 1 unspecified atom stereocenters. The number of carbonyl (C=O) groups excluding carboxylic acids is 1. The van der Waals surface area contributed by atoms with Gasteiger partial charge in [-0.25, -0.2) is 8.42 Å². The Morgan fingerprint density at radius 1 is 1.30 bits per heavy atom. The van der Waals surface area contributed by atoms with E-state index in [0.717, 1.165) is 4.31 Å². The Balaban J connectivity index is 3.22. The van der Waals surface area contributed by atoms with Crippen LogP contribution in [0.3, 0.4) is 0 Å². The summed E-state index contributed by atoms with van der Waals surface area (Å²) >= 11 is 0. The molecule has 0 aromatic heterocycles. The van der Waals surface area contributed by atoms with Crippen LogP contribution in [0.5, 0.6) is 0 Å². The van der Waals surface area contributed by atoms with E-state index in [0.29, 0.717) is 12.0 Å². The van der Waals surface area contributed by atoms with Crippen molar-refractivity contribution >= 4 is 21.9 Å². The first-order valence-corrected chi connectivity index (χ1v) is 8.72. The average Bonchev–Trinajstić information content (AvgIpc) is 2.50. The number of rotatable bonds is 8. The molecule has 1 aromatic rings. The summed E-state index contributed by atoms with van der Waals surface area (Å²) in [5, 5.41) is 11.7. The van der Waals surface area contributed by atoms with E-state index < -0.39 is 22.0 Å². The van der Waals surface area contributed by atoms with Crippen LogP contribution in [0.15, 0.2) is 29.2 Å². The number of benzene rings is 1. The van der Waals surface area contributed by atoms with Crippen LogP contribution >= 0.6 is 0 Å². The number of amides is 1. The Labute approximate surface area is 136 Å². The fourth-order valence-corrected chi connectivity index (χ4v) is 4.05. The molecule has 23 heavy (non-hydrogen) atoms. The van der Waals surface area contributed by atoms with Gasteiger partial charge in [0.15, 0.2) is 0 Å². The maximum absolute atomic E-state index is 12.9. The van der Waals surface area contributed by atoms with E-state index in [9.17, 15) is 23.1 Å². The number of hydrogen-bond donors (Lipinski definition) is 2. The minimum Gasteiger partial charge on any atom is -0.480 e. The zero-order valence-electron chi connectivity index (χ0n) is 13.4. The van der Waals surface area contributed by atoms with Crippen molar-refractivity contribution in [3.63, 3.8) is 0 Å². The molecular weight excluding hydrogens is 320 g/mol. The van der Waals surface area contributed by atoms with Crippen molar-refractivity contribution < 1.29 is 23.1 Å². The number of sulfonamides is 1. The van der Waals surface area contributed by atoms with Gasteiger partial charge in [0, 0.05) is 20.0 Å². The second-order valence-electron chi connectivity index (χ2n) is 5.07. The Bertz CT molecular complexity index is 672. The third kappa shape index (κ3) is 4.77. The summed E-state index contributed by atoms with van der Waals surface area (Å²) in [6.07, 6.45) is 0.510. The first kappa shape index (κ1) is 19.1. The molecule has 1 atom stereocenters. The quantitative estimate of drug-likeness (QED) is 0.729. The van der Waals surface area contributed by atoms with E-state index in [1.807, 2.05) is 6.92 Å². The monoisotopic (exact) mass is 342 g/mol. The zero-order chi connectivity index (χ0) is 17.6. The van der Waals surface area contributed by atoms with Crippen LogP contribution in [0.2, 0.25) is 0 Å². The molecule has 0 heterocycles. The molecule has 0 saturated heterocycles. The molecule has 0 aliphatic rings. The highest BCUT2D eigenvalue weighted by atomic mass is 32.2. The second kappa shape index (κ2) is 8.07. The maximum Gasteiger partial charge on any atom is 0.321 e. The highest BCUT2D eigenvalue weighted by Gasteiger charge is 2.33. The standard InChI is InChI=1S/C15H22N2O5S/c1-4-13-7-5-6-8-14(13)23(21,22)17(11(2)15(19)20)10-9-16-12(3)18/h5-8,11H,4,9-10H2,1-3H3,(H,16,18)(H,19,20). The molecule has 0 radical (unpaired) electrons. The number of carboxylic acids is 1. The third-order valence-corrected chi connectivity index (χ3v) is 5.51. The van der Waals surface area contributed by atoms with Crippen LogP contribution in [-0.2, 0) is 26.0 Å². The average molecular weight is 342 g/mol. The van der Waals surface area contributed by atoms with Gasteiger partial charge in [-0.1, -0.05) is 25.1 Å². The molecule has 0 aliphatic carbocycles. The van der Waals surface area contributed by atoms with Crippen molar-refractivity contribution in [3.8, 4) is 0 Å². The minimum atomic E-state index is -3.98. The van der Waals surface area contributed by atoms with Crippen LogP contribution in [0, 0.1) is 0 Å². The van der Waals surface area contributed by atoms with Gasteiger partial charge in [0.2, 0.25) is 15.9 Å². The summed E-state index contributed by atoms with van der Waals surface area (Å²) < 4.78 is 26.7. The number of aliphatic carboxylic acids is 1. The van der Waals surface area contributed by atoms with Gasteiger partial charge in [0.25, 0.3) is 0 Å². The number of nitrogens with one attached hydrogen (secondary N) is 1. The van der Waals surface area contributed by atoms with E-state index >= 15 is 0 Å². The van der Waals surface area contributed by atoms with Gasteiger partial charge in [-0.2, -0.15) is 4.31 Å². The normalized spacial score (nSPS) is 12.9. The topological polar surface area (TPSA) is 104 Å². The molecule has 0 bridgehead atoms. The van der Waals surface area contributed by atoms with E-state index in [4.69, 9.17) is 0 Å². The Morgan fingerprint density at radius 2 is 1.91 bits per heavy atom. The number of carboxylic acid groups (broad SMARTS) is 1. The molecular formula is C15H22N2O5S. The fraction of sp³-hybridized carbons (Fsp3) is 0.467. The summed E-state index contributed by atoms with van der Waals surface area (Å²) in [5.41, 5.74) is 0.620. The lowest BCUT2D eigenvalue weighted by atomic mass is 10.2. The van der Waals surface area contributed by atoms with Gasteiger partial charge < -0.3 is 10.4 Å². The van der Waals surface area contributed by atoms with Crippen LogP contribution in [-0.4, -0.2) is 48.8 Å². The fourth-order valence-electron chi connectivity index (χ4n) is 2.16. The van der Waals surface area contributed by atoms with Crippen molar-refractivity contribution in [2.24, 2.45) is 0 Å². The highest BCUT2D eigenvalue weighted by molar-refractivity contribution is 7.89. The van der Waals surface area contributed by atoms with E-state index in [1.54, 1.807) is 18.2 Å². The molecule has 2 N–H and O–H groups in total. The van der Waals surface area contributed by atoms with Crippen molar-refractivity contribution in [1.82, 2.24) is 9.62 Å². The summed E-state index contributed by atoms with van der Waals surface area (Å²) in [4.78, 5) is 22.3. The lowest BCUT2D eigenvalue weighted by molar-refractivity contribution is -0.140. The molecule has 0 saturated carbocycles. The molecule has 0 fully saturated rings. The molecule has 1 rings (SSSR count). The lowest BCUT2D eigenvalue weighted by Crippen LogP contribution is -2.46. The van der Waals surface area contributed by atoms with Crippen LogP contribution in [0.25, 0.3) is 0 Å². The predicted octanol–water partition coefficient (Wildman–Crippen LogP) is 0.849. The largest absolute Gasteiger partial charge is 0.480 e. The van der Waals surface area contributed by atoms with E-state index in [1.165, 1.54) is 19.9 Å². The van der Waals surface area contributed by atoms with Crippen molar-refractivity contribution in [2.45, 2.75) is 38.1 Å². The number of carbonyl (C=O) groups is 2. The molecule has 0 spiro atoms. The first-order valence-electron chi connectivity index (χ1n) is 7.28. The summed E-state index contributed by atoms with van der Waals surface area (Å²) in [6.45, 7) is 4.37. The SMILES string of the molecule is CCc1ccccc1S(=O)(=O)N(CCNC(C)=O)C(C)C(=O)O. The minimum absolute atomic E-state index is 0.0421. The molecule has 128 valence electrons. The zero-order valence-corrected chi connectivity index (χ0v) is 14.3. The van der Waals surface area contributed by atoms with Crippen molar-refractivity contribution in [2.75, 3.05) is 13.1 Å². The highest BCUT2D eigenvalue weighted by Crippen LogP contribution is 2.22. The molecule has 0 aliphatic heterocycles. The van der Waals surface area contributed by atoms with Gasteiger partial charge in [-0.15, -0.1) is 0 Å². The number of nitrogens with zero attached hydrogens (tertiary/aromatic N) is 1. The number of aryl methyl sites for hydroxylation is 1. The number of hydrogen-bond acceptors (Lipinski definition) is 4. The van der Waals surface area contributed by atoms with Crippen molar-refractivity contribution in [1.29, 1.82) is 0 Å². The summed E-state index contributed by atoms with van der Waals surface area (Å²) in [6, 6.07) is 5.26. The van der Waals surface area contributed by atoms with E-state index in [-0.39, 0.29) is 23.9 Å². The molecule has 1 aromatic carbocycles. The molecule has 7 nitrogen and oxygen atoms in total. The predicted molar refractivity (Wildman–Crippen MR) is 85.5 cm³/mol. The summed E-state index contributed by atoms with van der Waals surface area (Å²) in [5.74, 6) is -1.55. The lowest BCUT2D eigenvalue weighted by Gasteiger charge is -2.26. The van der Waals surface area contributed by atoms with E-state index in [2.05, 4.69) is 5.32 Å². The maximum atomic E-state index is 12.9. The Hall–Kier alpha value is -1.93. The van der Waals surface area contributed by atoms with Gasteiger partial charge >= 0.3 is 5.97 Å². The first-order chi connectivity index (χ1) is 10.7. The van der Waals surface area contributed by atoms with Gasteiger partial charge in [-0.3, -0.25) is 9.59 Å². The second-order valence-corrected chi connectivity index (χ2v) is 6.93. The third-order valence-electron chi connectivity index (χ3n) is 3.44. The molecule has 1 amide bonds. The van der Waals surface area contributed by atoms with Gasteiger partial charge in [0.1, 0.15) is 6.04 Å². The van der Waals surface area contributed by atoms with Gasteiger partial charge in [0.05, 0.1) is 4.90 Å². The molecule has 8 heteroatoms.